The molecule has 1 aromatic rings. The normalized spacial score (nSPS) is 22.5. The highest BCUT2D eigenvalue weighted by atomic mass is 19.1. The molecule has 0 aromatic heterocycles. The third-order valence-electron chi connectivity index (χ3n) is 3.76. The summed E-state index contributed by atoms with van der Waals surface area (Å²) in [6.07, 6.45) is 3.50. The lowest BCUT2D eigenvalue weighted by Gasteiger charge is -2.29. The molecule has 0 saturated heterocycles. The fourth-order valence-electron chi connectivity index (χ4n) is 2.52. The van der Waals surface area contributed by atoms with Crippen molar-refractivity contribution in [1.29, 1.82) is 0 Å². The summed E-state index contributed by atoms with van der Waals surface area (Å²) in [6.45, 7) is 4.46. The van der Waals surface area contributed by atoms with Crippen LogP contribution in [0, 0.1) is 11.2 Å². The van der Waals surface area contributed by atoms with Gasteiger partial charge in [0.1, 0.15) is 11.6 Å². The van der Waals surface area contributed by atoms with Gasteiger partial charge in [0.2, 0.25) is 0 Å². The molecule has 0 spiro atoms. The molecule has 1 fully saturated rings. The highest BCUT2D eigenvalue weighted by Crippen LogP contribution is 2.39. The van der Waals surface area contributed by atoms with Gasteiger partial charge in [-0.25, -0.2) is 4.39 Å². The molecule has 1 N–H and O–H groups in total. The molecule has 3 heteroatoms. The van der Waals surface area contributed by atoms with Gasteiger partial charge >= 0.3 is 0 Å². The van der Waals surface area contributed by atoms with Crippen LogP contribution in [0.15, 0.2) is 18.2 Å². The van der Waals surface area contributed by atoms with Crippen molar-refractivity contribution in [3.05, 3.63) is 24.0 Å². The number of anilines is 1. The lowest BCUT2D eigenvalue weighted by atomic mass is 9.87. The highest BCUT2D eigenvalue weighted by molar-refractivity contribution is 5.50. The number of hydrogen-bond acceptors (Lipinski definition) is 2. The minimum absolute atomic E-state index is 0.214. The van der Waals surface area contributed by atoms with E-state index in [1.54, 1.807) is 19.2 Å². The molecule has 1 atom stereocenters. The number of benzene rings is 1. The molecular weight excluding hydrogens is 217 g/mol. The minimum Gasteiger partial charge on any atom is -0.497 e. The number of nitrogens with one attached hydrogen (secondary N) is 1. The molecule has 17 heavy (non-hydrogen) atoms. The molecule has 0 bridgehead atoms. The zero-order valence-electron chi connectivity index (χ0n) is 10.7. The Labute approximate surface area is 102 Å². The van der Waals surface area contributed by atoms with Crippen LogP contribution in [0.3, 0.4) is 0 Å². The molecule has 0 radical (unpaired) electrons. The molecular formula is C14H20FNO. The third-order valence-corrected chi connectivity index (χ3v) is 3.76. The van der Waals surface area contributed by atoms with Crippen molar-refractivity contribution in [2.24, 2.45) is 5.41 Å². The fraction of sp³-hybridized carbons (Fsp3) is 0.571. The van der Waals surface area contributed by atoms with Crippen LogP contribution in [0.4, 0.5) is 10.1 Å². The van der Waals surface area contributed by atoms with Crippen LogP contribution in [0.1, 0.15) is 33.1 Å². The number of methoxy groups -OCH3 is 1. The topological polar surface area (TPSA) is 21.3 Å². The predicted molar refractivity (Wildman–Crippen MR) is 68.0 cm³/mol. The largest absolute Gasteiger partial charge is 0.497 e. The van der Waals surface area contributed by atoms with E-state index in [1.807, 2.05) is 0 Å². The first-order valence-corrected chi connectivity index (χ1v) is 6.13. The number of rotatable bonds is 3. The van der Waals surface area contributed by atoms with Gasteiger partial charge < -0.3 is 10.1 Å². The summed E-state index contributed by atoms with van der Waals surface area (Å²) in [4.78, 5) is 0. The lowest BCUT2D eigenvalue weighted by Crippen LogP contribution is -2.31. The Morgan fingerprint density at radius 2 is 2.18 bits per heavy atom. The average molecular weight is 237 g/mol. The maximum atomic E-state index is 13.7. The second-order valence-electron chi connectivity index (χ2n) is 5.42. The van der Waals surface area contributed by atoms with Crippen molar-refractivity contribution < 1.29 is 9.13 Å². The van der Waals surface area contributed by atoms with E-state index < -0.39 is 0 Å². The smallest absolute Gasteiger partial charge is 0.146 e. The summed E-state index contributed by atoms with van der Waals surface area (Å²) in [7, 11) is 1.59. The van der Waals surface area contributed by atoms with Crippen LogP contribution in [0.2, 0.25) is 0 Å². The zero-order valence-corrected chi connectivity index (χ0v) is 10.7. The Morgan fingerprint density at radius 1 is 1.41 bits per heavy atom. The van der Waals surface area contributed by atoms with E-state index in [0.717, 1.165) is 6.42 Å². The molecule has 2 rings (SSSR count). The number of halogens is 1. The van der Waals surface area contributed by atoms with Gasteiger partial charge in [-0.1, -0.05) is 20.3 Å². The SMILES string of the molecule is COc1ccc(F)c(NC2CCCC2(C)C)c1. The van der Waals surface area contributed by atoms with Crippen molar-refractivity contribution in [2.45, 2.75) is 39.2 Å². The second-order valence-corrected chi connectivity index (χ2v) is 5.42. The first kappa shape index (κ1) is 12.2. The van der Waals surface area contributed by atoms with Gasteiger partial charge in [0.05, 0.1) is 12.8 Å². The van der Waals surface area contributed by atoms with Crippen molar-refractivity contribution in [3.8, 4) is 5.75 Å². The Kier molecular flexibility index (Phi) is 3.27. The Bertz CT molecular complexity index is 403. The van der Waals surface area contributed by atoms with Gasteiger partial charge in [-0.2, -0.15) is 0 Å². The molecule has 1 aliphatic rings. The number of hydrogen-bond donors (Lipinski definition) is 1. The molecule has 0 heterocycles. The van der Waals surface area contributed by atoms with E-state index in [1.165, 1.54) is 18.9 Å². The van der Waals surface area contributed by atoms with E-state index >= 15 is 0 Å². The van der Waals surface area contributed by atoms with E-state index in [-0.39, 0.29) is 11.2 Å². The Morgan fingerprint density at radius 3 is 2.76 bits per heavy atom. The Balaban J connectivity index is 2.18. The molecule has 94 valence electrons. The summed E-state index contributed by atoms with van der Waals surface area (Å²) < 4.78 is 18.8. The maximum absolute atomic E-state index is 13.7. The molecule has 2 nitrogen and oxygen atoms in total. The fourth-order valence-corrected chi connectivity index (χ4v) is 2.52. The average Bonchev–Trinajstić information content (AvgIpc) is 2.61. The molecule has 0 amide bonds. The van der Waals surface area contributed by atoms with Crippen LogP contribution in [-0.2, 0) is 0 Å². The van der Waals surface area contributed by atoms with E-state index in [0.29, 0.717) is 17.5 Å². The number of ether oxygens (including phenoxy) is 1. The van der Waals surface area contributed by atoms with Crippen LogP contribution in [0.5, 0.6) is 5.75 Å². The predicted octanol–water partition coefficient (Wildman–Crippen LogP) is 3.82. The lowest BCUT2D eigenvalue weighted by molar-refractivity contribution is 0.349. The first-order chi connectivity index (χ1) is 8.03. The maximum Gasteiger partial charge on any atom is 0.146 e. The molecule has 1 saturated carbocycles. The first-order valence-electron chi connectivity index (χ1n) is 6.13. The third kappa shape index (κ3) is 2.54. The summed E-state index contributed by atoms with van der Waals surface area (Å²) in [5.74, 6) is 0.471. The van der Waals surface area contributed by atoms with E-state index in [9.17, 15) is 4.39 Å². The second kappa shape index (κ2) is 4.55. The monoisotopic (exact) mass is 237 g/mol. The van der Waals surface area contributed by atoms with Gasteiger partial charge in [0.25, 0.3) is 0 Å². The molecule has 1 aromatic carbocycles. The van der Waals surface area contributed by atoms with Gasteiger partial charge in [0, 0.05) is 12.1 Å². The highest BCUT2D eigenvalue weighted by Gasteiger charge is 2.34. The molecule has 1 unspecified atom stereocenters. The van der Waals surface area contributed by atoms with Crippen molar-refractivity contribution in [2.75, 3.05) is 12.4 Å². The summed E-state index contributed by atoms with van der Waals surface area (Å²) >= 11 is 0. The van der Waals surface area contributed by atoms with Crippen LogP contribution in [-0.4, -0.2) is 13.2 Å². The molecule has 1 aliphatic carbocycles. The Hall–Kier alpha value is -1.25. The van der Waals surface area contributed by atoms with Gasteiger partial charge in [-0.15, -0.1) is 0 Å². The van der Waals surface area contributed by atoms with E-state index in [4.69, 9.17) is 4.74 Å². The van der Waals surface area contributed by atoms with Gasteiger partial charge in [-0.3, -0.25) is 0 Å². The summed E-state index contributed by atoms with van der Waals surface area (Å²) in [5, 5.41) is 3.32. The van der Waals surface area contributed by atoms with Crippen molar-refractivity contribution >= 4 is 5.69 Å². The van der Waals surface area contributed by atoms with Crippen LogP contribution >= 0.6 is 0 Å². The van der Waals surface area contributed by atoms with E-state index in [2.05, 4.69) is 19.2 Å². The quantitative estimate of drug-likeness (QED) is 0.862. The van der Waals surface area contributed by atoms with Crippen LogP contribution in [0.25, 0.3) is 0 Å². The summed E-state index contributed by atoms with van der Waals surface area (Å²) in [6, 6.07) is 5.15. The standard InChI is InChI=1S/C14H20FNO/c1-14(2)8-4-5-13(14)16-12-9-10(17-3)6-7-11(12)15/h6-7,9,13,16H,4-5,8H2,1-3H3. The van der Waals surface area contributed by atoms with Crippen molar-refractivity contribution in [3.63, 3.8) is 0 Å². The zero-order chi connectivity index (χ0) is 12.5. The van der Waals surface area contributed by atoms with Crippen LogP contribution < -0.4 is 10.1 Å². The minimum atomic E-state index is -0.214. The van der Waals surface area contributed by atoms with Gasteiger partial charge in [-0.05, 0) is 30.4 Å². The molecule has 0 aliphatic heterocycles. The summed E-state index contributed by atoms with van der Waals surface area (Å²) in [5.41, 5.74) is 0.777. The van der Waals surface area contributed by atoms with Crippen molar-refractivity contribution in [1.82, 2.24) is 0 Å². The van der Waals surface area contributed by atoms with Gasteiger partial charge in [0.15, 0.2) is 0 Å².